The van der Waals surface area contributed by atoms with Crippen LogP contribution in [-0.4, -0.2) is 20.2 Å². The van der Waals surface area contributed by atoms with Gasteiger partial charge >= 0.3 is 0 Å². The number of nitrogen functional groups attached to an aromatic ring is 1. The van der Waals surface area contributed by atoms with Crippen molar-refractivity contribution in [2.24, 2.45) is 17.8 Å². The van der Waals surface area contributed by atoms with Crippen LogP contribution in [0.25, 0.3) is 11.4 Å². The Bertz CT molecular complexity index is 648. The van der Waals surface area contributed by atoms with Gasteiger partial charge in [0.05, 0.1) is 5.56 Å². The van der Waals surface area contributed by atoms with Crippen LogP contribution >= 0.6 is 0 Å². The molecule has 21 heavy (non-hydrogen) atoms. The Balaban J connectivity index is 1.65. The van der Waals surface area contributed by atoms with E-state index in [4.69, 9.17) is 5.73 Å². The van der Waals surface area contributed by atoms with Gasteiger partial charge in [0.2, 0.25) is 0 Å². The van der Waals surface area contributed by atoms with Crippen LogP contribution in [0.2, 0.25) is 0 Å². The van der Waals surface area contributed by atoms with Crippen molar-refractivity contribution in [2.45, 2.75) is 32.2 Å². The standard InChI is InChI=1S/C15H18FN5/c16-14-6-5-11(17)7-12(14)15-18-19-20-21(15)8-13(9-1-2-9)10-3-4-10/h5-7,9-10,13H,1-4,8,17H2. The first-order valence-corrected chi connectivity index (χ1v) is 7.54. The van der Waals surface area contributed by atoms with E-state index in [1.165, 1.54) is 31.7 Å². The van der Waals surface area contributed by atoms with E-state index < -0.39 is 0 Å². The summed E-state index contributed by atoms with van der Waals surface area (Å²) in [5, 5.41) is 11.8. The fourth-order valence-corrected chi connectivity index (χ4v) is 3.17. The number of nitrogens with zero attached hydrogens (tertiary/aromatic N) is 4. The first-order chi connectivity index (χ1) is 10.2. The van der Waals surface area contributed by atoms with Crippen LogP contribution in [0.15, 0.2) is 18.2 Å². The van der Waals surface area contributed by atoms with Crippen molar-refractivity contribution in [2.75, 3.05) is 5.73 Å². The van der Waals surface area contributed by atoms with Gasteiger partial charge in [-0.1, -0.05) is 0 Å². The van der Waals surface area contributed by atoms with Crippen molar-refractivity contribution in [3.05, 3.63) is 24.0 Å². The number of anilines is 1. The Morgan fingerprint density at radius 3 is 2.62 bits per heavy atom. The van der Waals surface area contributed by atoms with Crippen molar-refractivity contribution in [1.29, 1.82) is 0 Å². The zero-order valence-electron chi connectivity index (χ0n) is 11.7. The van der Waals surface area contributed by atoms with E-state index in [1.807, 2.05) is 0 Å². The molecule has 2 fully saturated rings. The molecule has 1 heterocycles. The molecule has 110 valence electrons. The Morgan fingerprint density at radius 1 is 1.24 bits per heavy atom. The van der Waals surface area contributed by atoms with Crippen molar-refractivity contribution >= 4 is 5.69 Å². The summed E-state index contributed by atoms with van der Waals surface area (Å²) in [4.78, 5) is 0. The average Bonchev–Trinajstić information content (AvgIpc) is 3.39. The van der Waals surface area contributed by atoms with E-state index in [-0.39, 0.29) is 5.82 Å². The van der Waals surface area contributed by atoms with E-state index >= 15 is 0 Å². The molecular formula is C15H18FN5. The molecular weight excluding hydrogens is 269 g/mol. The van der Waals surface area contributed by atoms with Crippen molar-refractivity contribution in [1.82, 2.24) is 20.2 Å². The number of tetrazole rings is 1. The first-order valence-electron chi connectivity index (χ1n) is 7.54. The van der Waals surface area contributed by atoms with Gasteiger partial charge in [-0.15, -0.1) is 5.10 Å². The van der Waals surface area contributed by atoms with Gasteiger partial charge < -0.3 is 5.73 Å². The number of halogens is 1. The Kier molecular flexibility index (Phi) is 2.90. The highest BCUT2D eigenvalue weighted by atomic mass is 19.1. The quantitative estimate of drug-likeness (QED) is 0.858. The molecule has 0 saturated heterocycles. The van der Waals surface area contributed by atoms with Crippen LogP contribution in [0.1, 0.15) is 25.7 Å². The van der Waals surface area contributed by atoms with E-state index in [9.17, 15) is 4.39 Å². The molecule has 4 rings (SSSR count). The largest absolute Gasteiger partial charge is 0.399 e. The molecule has 0 unspecified atom stereocenters. The molecule has 0 bridgehead atoms. The van der Waals surface area contributed by atoms with E-state index in [0.717, 1.165) is 18.4 Å². The normalized spacial score (nSPS) is 18.4. The van der Waals surface area contributed by atoms with Crippen LogP contribution in [-0.2, 0) is 6.54 Å². The topological polar surface area (TPSA) is 69.6 Å². The van der Waals surface area contributed by atoms with Gasteiger partial charge in [0.1, 0.15) is 5.82 Å². The first kappa shape index (κ1) is 12.7. The summed E-state index contributed by atoms with van der Waals surface area (Å²) >= 11 is 0. The summed E-state index contributed by atoms with van der Waals surface area (Å²) in [5.41, 5.74) is 6.65. The number of nitrogens with two attached hydrogens (primary N) is 1. The summed E-state index contributed by atoms with van der Waals surface area (Å²) < 4.78 is 15.8. The predicted molar refractivity (Wildman–Crippen MR) is 76.6 cm³/mol. The minimum Gasteiger partial charge on any atom is -0.399 e. The smallest absolute Gasteiger partial charge is 0.185 e. The molecule has 2 aromatic rings. The molecule has 0 radical (unpaired) electrons. The van der Waals surface area contributed by atoms with Crippen LogP contribution in [0.5, 0.6) is 0 Å². The van der Waals surface area contributed by atoms with Gasteiger partial charge in [0.25, 0.3) is 0 Å². The third-order valence-corrected chi connectivity index (χ3v) is 4.60. The highest BCUT2D eigenvalue weighted by Gasteiger charge is 2.42. The SMILES string of the molecule is Nc1ccc(F)c(-c2nnnn2CC(C2CC2)C2CC2)c1. The fourth-order valence-electron chi connectivity index (χ4n) is 3.17. The van der Waals surface area contributed by atoms with Gasteiger partial charge in [-0.2, -0.15) is 0 Å². The lowest BCUT2D eigenvalue weighted by molar-refractivity contribution is 0.331. The molecule has 0 atom stereocenters. The molecule has 1 aromatic carbocycles. The lowest BCUT2D eigenvalue weighted by Crippen LogP contribution is -2.17. The lowest BCUT2D eigenvalue weighted by atomic mass is 9.98. The Morgan fingerprint density at radius 2 is 1.95 bits per heavy atom. The number of hydrogen-bond acceptors (Lipinski definition) is 4. The number of hydrogen-bond donors (Lipinski definition) is 1. The maximum absolute atomic E-state index is 14.0. The molecule has 2 aliphatic carbocycles. The van der Waals surface area contributed by atoms with Gasteiger partial charge in [-0.3, -0.25) is 0 Å². The van der Waals surface area contributed by atoms with Crippen molar-refractivity contribution in [3.8, 4) is 11.4 Å². The number of benzene rings is 1. The van der Waals surface area contributed by atoms with E-state index in [1.54, 1.807) is 16.8 Å². The molecule has 2 saturated carbocycles. The second-order valence-corrected chi connectivity index (χ2v) is 6.26. The molecule has 0 aliphatic heterocycles. The average molecular weight is 287 g/mol. The minimum absolute atomic E-state index is 0.338. The monoisotopic (exact) mass is 287 g/mol. The second kappa shape index (κ2) is 4.79. The maximum Gasteiger partial charge on any atom is 0.185 e. The van der Waals surface area contributed by atoms with Crippen LogP contribution < -0.4 is 5.73 Å². The van der Waals surface area contributed by atoms with Crippen LogP contribution in [0.4, 0.5) is 10.1 Å². The summed E-state index contributed by atoms with van der Waals surface area (Å²) in [5.74, 6) is 2.39. The van der Waals surface area contributed by atoms with Crippen molar-refractivity contribution in [3.63, 3.8) is 0 Å². The van der Waals surface area contributed by atoms with Gasteiger partial charge in [0.15, 0.2) is 5.82 Å². The molecule has 2 N–H and O–H groups in total. The summed E-state index contributed by atoms with van der Waals surface area (Å²) in [6, 6.07) is 4.51. The summed E-state index contributed by atoms with van der Waals surface area (Å²) in [6.07, 6.45) is 5.24. The van der Waals surface area contributed by atoms with Crippen LogP contribution in [0, 0.1) is 23.6 Å². The molecule has 5 nitrogen and oxygen atoms in total. The van der Waals surface area contributed by atoms with E-state index in [0.29, 0.717) is 23.0 Å². The third kappa shape index (κ3) is 2.50. The third-order valence-electron chi connectivity index (χ3n) is 4.60. The van der Waals surface area contributed by atoms with Gasteiger partial charge in [-0.05, 0) is 72.1 Å². The molecule has 0 spiro atoms. The fraction of sp³-hybridized carbons (Fsp3) is 0.533. The minimum atomic E-state index is -0.338. The summed E-state index contributed by atoms with van der Waals surface area (Å²) in [7, 11) is 0. The predicted octanol–water partition coefficient (Wildman–Crippen LogP) is 2.50. The van der Waals surface area contributed by atoms with E-state index in [2.05, 4.69) is 15.5 Å². The number of aromatic nitrogens is 4. The Hall–Kier alpha value is -1.98. The van der Waals surface area contributed by atoms with Gasteiger partial charge in [-0.25, -0.2) is 9.07 Å². The van der Waals surface area contributed by atoms with Crippen molar-refractivity contribution < 1.29 is 4.39 Å². The summed E-state index contributed by atoms with van der Waals surface area (Å²) in [6.45, 7) is 0.784. The zero-order valence-corrected chi connectivity index (χ0v) is 11.7. The number of rotatable bonds is 5. The lowest BCUT2D eigenvalue weighted by Gasteiger charge is -2.16. The highest BCUT2D eigenvalue weighted by molar-refractivity contribution is 5.61. The van der Waals surface area contributed by atoms with Gasteiger partial charge in [0, 0.05) is 12.2 Å². The highest BCUT2D eigenvalue weighted by Crippen LogP contribution is 2.50. The molecule has 1 aromatic heterocycles. The maximum atomic E-state index is 14.0. The Labute approximate surface area is 122 Å². The zero-order chi connectivity index (χ0) is 14.4. The second-order valence-electron chi connectivity index (χ2n) is 6.26. The molecule has 6 heteroatoms. The molecule has 0 amide bonds. The van der Waals surface area contributed by atoms with Crippen LogP contribution in [0.3, 0.4) is 0 Å². The molecule has 2 aliphatic rings.